The van der Waals surface area contributed by atoms with E-state index in [1.165, 1.54) is 4.31 Å². The van der Waals surface area contributed by atoms with E-state index in [4.69, 9.17) is 4.74 Å². The molecule has 3 rings (SSSR count). The highest BCUT2D eigenvalue weighted by Gasteiger charge is 2.39. The van der Waals surface area contributed by atoms with Gasteiger partial charge in [-0.1, -0.05) is 18.2 Å². The van der Waals surface area contributed by atoms with Crippen LogP contribution in [-0.2, 0) is 19.6 Å². The van der Waals surface area contributed by atoms with E-state index in [-0.39, 0.29) is 10.8 Å². The molecule has 1 aromatic carbocycles. The molecule has 0 radical (unpaired) electrons. The molecule has 26 heavy (non-hydrogen) atoms. The lowest BCUT2D eigenvalue weighted by atomic mass is 10.2. The fourth-order valence-electron chi connectivity index (χ4n) is 3.47. The summed E-state index contributed by atoms with van der Waals surface area (Å²) < 4.78 is 32.3. The molecule has 1 unspecified atom stereocenters. The molecule has 144 valence electrons. The van der Waals surface area contributed by atoms with Crippen molar-refractivity contribution in [2.45, 2.75) is 30.2 Å². The molecule has 1 aromatic rings. The van der Waals surface area contributed by atoms with Gasteiger partial charge in [-0.15, -0.1) is 0 Å². The summed E-state index contributed by atoms with van der Waals surface area (Å²) in [6.07, 6.45) is 2.13. The second kappa shape index (κ2) is 8.94. The molecular formula is C18H27N3O4S. The molecule has 2 saturated heterocycles. The van der Waals surface area contributed by atoms with Gasteiger partial charge in [-0.05, 0) is 37.9 Å². The van der Waals surface area contributed by atoms with Crippen LogP contribution in [0.1, 0.15) is 19.3 Å². The number of benzene rings is 1. The van der Waals surface area contributed by atoms with Gasteiger partial charge in [0.1, 0.15) is 6.04 Å². The van der Waals surface area contributed by atoms with E-state index in [1.54, 1.807) is 30.3 Å². The number of morpholine rings is 1. The average Bonchev–Trinajstić information content (AvgIpc) is 3.17. The Labute approximate surface area is 155 Å². The largest absolute Gasteiger partial charge is 0.379 e. The van der Waals surface area contributed by atoms with E-state index in [1.807, 2.05) is 0 Å². The van der Waals surface area contributed by atoms with Gasteiger partial charge in [-0.3, -0.25) is 9.69 Å². The molecule has 8 heteroatoms. The summed E-state index contributed by atoms with van der Waals surface area (Å²) in [5, 5.41) is 2.91. The van der Waals surface area contributed by atoms with Crippen LogP contribution in [0.15, 0.2) is 35.2 Å². The molecule has 0 aromatic heterocycles. The molecule has 0 bridgehead atoms. The van der Waals surface area contributed by atoms with Gasteiger partial charge in [0.25, 0.3) is 0 Å². The Bertz CT molecular complexity index is 690. The summed E-state index contributed by atoms with van der Waals surface area (Å²) in [4.78, 5) is 15.1. The van der Waals surface area contributed by atoms with Crippen molar-refractivity contribution < 1.29 is 17.9 Å². The minimum Gasteiger partial charge on any atom is -0.379 e. The van der Waals surface area contributed by atoms with Crippen LogP contribution in [0.25, 0.3) is 0 Å². The fourth-order valence-corrected chi connectivity index (χ4v) is 5.15. The van der Waals surface area contributed by atoms with Crippen LogP contribution in [0.5, 0.6) is 0 Å². The zero-order valence-electron chi connectivity index (χ0n) is 15.0. The third-order valence-corrected chi connectivity index (χ3v) is 6.83. The molecule has 1 atom stereocenters. The van der Waals surface area contributed by atoms with Gasteiger partial charge in [0, 0.05) is 26.2 Å². The van der Waals surface area contributed by atoms with Crippen molar-refractivity contribution in [2.75, 3.05) is 45.9 Å². The molecule has 0 spiro atoms. The minimum atomic E-state index is -3.63. The topological polar surface area (TPSA) is 79.0 Å². The Morgan fingerprint density at radius 2 is 1.88 bits per heavy atom. The Morgan fingerprint density at radius 1 is 1.15 bits per heavy atom. The lowest BCUT2D eigenvalue weighted by Gasteiger charge is -2.27. The van der Waals surface area contributed by atoms with Gasteiger partial charge in [0.2, 0.25) is 15.9 Å². The zero-order chi connectivity index (χ0) is 18.4. The summed E-state index contributed by atoms with van der Waals surface area (Å²) in [5.41, 5.74) is 0. The quantitative estimate of drug-likeness (QED) is 0.703. The first kappa shape index (κ1) is 19.3. The summed E-state index contributed by atoms with van der Waals surface area (Å²) in [6, 6.07) is 7.72. The third-order valence-electron chi connectivity index (χ3n) is 4.91. The first-order valence-electron chi connectivity index (χ1n) is 9.24. The Morgan fingerprint density at radius 3 is 2.62 bits per heavy atom. The van der Waals surface area contributed by atoms with E-state index >= 15 is 0 Å². The molecule has 1 amide bonds. The van der Waals surface area contributed by atoms with Gasteiger partial charge in [0.15, 0.2) is 0 Å². The number of ether oxygens (including phenoxy) is 1. The van der Waals surface area contributed by atoms with E-state index in [0.717, 1.165) is 39.3 Å². The van der Waals surface area contributed by atoms with Gasteiger partial charge >= 0.3 is 0 Å². The monoisotopic (exact) mass is 381 g/mol. The van der Waals surface area contributed by atoms with Gasteiger partial charge in [-0.25, -0.2) is 8.42 Å². The molecular weight excluding hydrogens is 354 g/mol. The molecule has 1 N–H and O–H groups in total. The van der Waals surface area contributed by atoms with Crippen LogP contribution in [-0.4, -0.2) is 75.5 Å². The summed E-state index contributed by atoms with van der Waals surface area (Å²) in [6.45, 7) is 5.26. The molecule has 2 heterocycles. The van der Waals surface area contributed by atoms with Crippen molar-refractivity contribution in [1.29, 1.82) is 0 Å². The summed E-state index contributed by atoms with van der Waals surface area (Å²) in [5.74, 6) is -0.191. The second-order valence-electron chi connectivity index (χ2n) is 6.69. The number of sulfonamides is 1. The highest BCUT2D eigenvalue weighted by Crippen LogP contribution is 2.26. The third kappa shape index (κ3) is 4.62. The smallest absolute Gasteiger partial charge is 0.243 e. The van der Waals surface area contributed by atoms with Crippen molar-refractivity contribution in [2.24, 2.45) is 0 Å². The SMILES string of the molecule is O=C(NCCCN1CCOCC1)C1CCCN1S(=O)(=O)c1ccccc1. The lowest BCUT2D eigenvalue weighted by molar-refractivity contribution is -0.124. The standard InChI is InChI=1S/C18H27N3O4S/c22-18(19-9-5-10-20-12-14-25-15-13-20)17-8-4-11-21(17)26(23,24)16-6-2-1-3-7-16/h1-3,6-7,17H,4-5,8-15H2,(H,19,22). The average molecular weight is 381 g/mol. The Kier molecular flexibility index (Phi) is 6.63. The van der Waals surface area contributed by atoms with Crippen molar-refractivity contribution >= 4 is 15.9 Å². The Hall–Kier alpha value is -1.48. The fraction of sp³-hybridized carbons (Fsp3) is 0.611. The number of nitrogens with zero attached hydrogens (tertiary/aromatic N) is 2. The van der Waals surface area contributed by atoms with Crippen LogP contribution in [0.3, 0.4) is 0 Å². The number of carbonyl (C=O) groups is 1. The number of amides is 1. The molecule has 0 saturated carbocycles. The minimum absolute atomic E-state index is 0.191. The molecule has 7 nitrogen and oxygen atoms in total. The maximum absolute atomic E-state index is 12.8. The number of hydrogen-bond acceptors (Lipinski definition) is 5. The van der Waals surface area contributed by atoms with E-state index in [9.17, 15) is 13.2 Å². The molecule has 2 aliphatic rings. The highest BCUT2D eigenvalue weighted by molar-refractivity contribution is 7.89. The van der Waals surface area contributed by atoms with Crippen molar-refractivity contribution in [3.05, 3.63) is 30.3 Å². The normalized spacial score (nSPS) is 22.4. The number of rotatable bonds is 7. The van der Waals surface area contributed by atoms with Crippen molar-refractivity contribution in [3.63, 3.8) is 0 Å². The molecule has 0 aliphatic carbocycles. The molecule has 2 aliphatic heterocycles. The van der Waals surface area contributed by atoms with E-state index in [0.29, 0.717) is 25.9 Å². The van der Waals surface area contributed by atoms with E-state index in [2.05, 4.69) is 10.2 Å². The maximum Gasteiger partial charge on any atom is 0.243 e. The van der Waals surface area contributed by atoms with Crippen LogP contribution in [0.4, 0.5) is 0 Å². The predicted octanol–water partition coefficient (Wildman–Crippen LogP) is 0.678. The van der Waals surface area contributed by atoms with Crippen LogP contribution in [0.2, 0.25) is 0 Å². The van der Waals surface area contributed by atoms with Crippen molar-refractivity contribution in [3.8, 4) is 0 Å². The first-order valence-corrected chi connectivity index (χ1v) is 10.7. The van der Waals surface area contributed by atoms with Gasteiger partial charge in [0.05, 0.1) is 18.1 Å². The maximum atomic E-state index is 12.8. The second-order valence-corrected chi connectivity index (χ2v) is 8.58. The van der Waals surface area contributed by atoms with Gasteiger partial charge in [-0.2, -0.15) is 4.31 Å². The number of hydrogen-bond donors (Lipinski definition) is 1. The Balaban J connectivity index is 1.51. The first-order chi connectivity index (χ1) is 12.6. The lowest BCUT2D eigenvalue weighted by Crippen LogP contribution is -2.46. The number of nitrogens with one attached hydrogen (secondary N) is 1. The summed E-state index contributed by atoms with van der Waals surface area (Å²) in [7, 11) is -3.63. The predicted molar refractivity (Wildman–Crippen MR) is 98.2 cm³/mol. The highest BCUT2D eigenvalue weighted by atomic mass is 32.2. The van der Waals surface area contributed by atoms with Crippen molar-refractivity contribution in [1.82, 2.24) is 14.5 Å². The van der Waals surface area contributed by atoms with Crippen LogP contribution >= 0.6 is 0 Å². The number of carbonyl (C=O) groups excluding carboxylic acids is 1. The molecule has 2 fully saturated rings. The van der Waals surface area contributed by atoms with Gasteiger partial charge < -0.3 is 10.1 Å². The van der Waals surface area contributed by atoms with Crippen LogP contribution in [0, 0.1) is 0 Å². The van der Waals surface area contributed by atoms with Crippen LogP contribution < -0.4 is 5.32 Å². The summed E-state index contributed by atoms with van der Waals surface area (Å²) >= 11 is 0. The van der Waals surface area contributed by atoms with E-state index < -0.39 is 16.1 Å². The zero-order valence-corrected chi connectivity index (χ0v) is 15.8.